The third kappa shape index (κ3) is 5.71. The average Bonchev–Trinajstić information content (AvgIpc) is 3.09. The van der Waals surface area contributed by atoms with Gasteiger partial charge < -0.3 is 14.3 Å². The molecule has 2 aliphatic rings. The summed E-state index contributed by atoms with van der Waals surface area (Å²) in [5.74, 6) is 0.0165. The zero-order valence-corrected chi connectivity index (χ0v) is 14.8. The molecule has 0 N–H and O–H groups in total. The molecule has 0 aromatic rings. The highest BCUT2D eigenvalue weighted by molar-refractivity contribution is 5.72. The molecule has 0 amide bonds. The number of hydrogen-bond donors (Lipinski definition) is 0. The van der Waals surface area contributed by atoms with Crippen molar-refractivity contribution in [1.82, 2.24) is 9.96 Å². The van der Waals surface area contributed by atoms with E-state index in [1.807, 2.05) is 19.0 Å². The number of hydrogen-bond acceptors (Lipinski definition) is 6. The van der Waals surface area contributed by atoms with Crippen LogP contribution in [-0.2, 0) is 19.1 Å². The predicted octanol–water partition coefficient (Wildman–Crippen LogP) is 2.04. The molecule has 2 rings (SSSR count). The van der Waals surface area contributed by atoms with E-state index < -0.39 is 0 Å². The molecule has 6 nitrogen and oxygen atoms in total. The fourth-order valence-electron chi connectivity index (χ4n) is 3.49. The van der Waals surface area contributed by atoms with Crippen molar-refractivity contribution in [2.24, 2.45) is 5.92 Å². The number of carbonyl (C=O) groups excluding carboxylic acids is 1. The monoisotopic (exact) mass is 328 g/mol. The van der Waals surface area contributed by atoms with Crippen molar-refractivity contribution in [3.8, 4) is 0 Å². The van der Waals surface area contributed by atoms with Gasteiger partial charge in [0.2, 0.25) is 0 Å². The Hall–Kier alpha value is -0.690. The second-order valence-electron chi connectivity index (χ2n) is 6.55. The van der Waals surface area contributed by atoms with E-state index >= 15 is 0 Å². The molecule has 0 bridgehead atoms. The van der Waals surface area contributed by atoms with E-state index in [9.17, 15) is 4.79 Å². The molecule has 6 heteroatoms. The van der Waals surface area contributed by atoms with Crippen molar-refractivity contribution >= 4 is 5.97 Å². The number of rotatable bonds is 8. The van der Waals surface area contributed by atoms with Crippen molar-refractivity contribution in [2.45, 2.75) is 57.8 Å². The Morgan fingerprint density at radius 1 is 1.22 bits per heavy atom. The topological polar surface area (TPSA) is 51.2 Å². The van der Waals surface area contributed by atoms with E-state index in [0.717, 1.165) is 45.3 Å². The van der Waals surface area contributed by atoms with Crippen LogP contribution in [0.4, 0.5) is 0 Å². The number of carbonyl (C=O) groups is 1. The maximum absolute atomic E-state index is 11.8. The van der Waals surface area contributed by atoms with Gasteiger partial charge in [-0.2, -0.15) is 5.06 Å². The second-order valence-corrected chi connectivity index (χ2v) is 6.55. The summed E-state index contributed by atoms with van der Waals surface area (Å²) in [6, 6.07) is 0. The first-order valence-electron chi connectivity index (χ1n) is 8.95. The van der Waals surface area contributed by atoms with Crippen molar-refractivity contribution in [1.29, 1.82) is 0 Å². The molecule has 23 heavy (non-hydrogen) atoms. The van der Waals surface area contributed by atoms with Crippen molar-refractivity contribution in [3.05, 3.63) is 0 Å². The first-order chi connectivity index (χ1) is 11.1. The molecular weight excluding hydrogens is 296 g/mol. The van der Waals surface area contributed by atoms with Crippen LogP contribution in [0.1, 0.15) is 45.4 Å². The lowest BCUT2D eigenvalue weighted by Gasteiger charge is -2.35. The minimum atomic E-state index is -0.0406. The van der Waals surface area contributed by atoms with Gasteiger partial charge in [0.1, 0.15) is 6.23 Å². The Labute approximate surface area is 140 Å². The standard InChI is InChI=1S/C17H32N2O4/c1-4-22-17(20)14-7-9-15(10-8-14)23-16(13-18(2)21-3)19-11-5-6-12-19/h14-16H,4-13H2,1-3H3. The van der Waals surface area contributed by atoms with E-state index in [2.05, 4.69) is 4.90 Å². The van der Waals surface area contributed by atoms with Gasteiger partial charge in [-0.1, -0.05) is 0 Å². The first kappa shape index (κ1) is 18.6. The zero-order valence-electron chi connectivity index (χ0n) is 14.8. The van der Waals surface area contributed by atoms with Crippen molar-refractivity contribution in [3.63, 3.8) is 0 Å². The highest BCUT2D eigenvalue weighted by atomic mass is 16.7. The van der Waals surface area contributed by atoms with Crippen LogP contribution in [0.3, 0.4) is 0 Å². The van der Waals surface area contributed by atoms with Crippen LogP contribution < -0.4 is 0 Å². The lowest BCUT2D eigenvalue weighted by molar-refractivity contribution is -0.180. The smallest absolute Gasteiger partial charge is 0.308 e. The highest BCUT2D eigenvalue weighted by Crippen LogP contribution is 2.29. The van der Waals surface area contributed by atoms with E-state index in [1.165, 1.54) is 12.8 Å². The number of likely N-dealkylation sites (tertiary alicyclic amines) is 1. The van der Waals surface area contributed by atoms with Crippen LogP contribution in [0.2, 0.25) is 0 Å². The SMILES string of the molecule is CCOC(=O)C1CCC(OC(CN(C)OC)N2CCCC2)CC1. The van der Waals surface area contributed by atoms with Crippen LogP contribution in [0, 0.1) is 5.92 Å². The summed E-state index contributed by atoms with van der Waals surface area (Å²) in [7, 11) is 3.62. The summed E-state index contributed by atoms with van der Waals surface area (Å²) in [6.07, 6.45) is 6.41. The molecule has 1 aliphatic heterocycles. The van der Waals surface area contributed by atoms with Crippen molar-refractivity contribution < 1.29 is 19.1 Å². The van der Waals surface area contributed by atoms with Crippen LogP contribution in [0.5, 0.6) is 0 Å². The molecule has 1 saturated carbocycles. The Kier molecular flexibility index (Phi) is 7.76. The van der Waals surface area contributed by atoms with Gasteiger partial charge in [-0.15, -0.1) is 0 Å². The number of likely N-dealkylation sites (N-methyl/N-ethyl adjacent to an activating group) is 1. The molecule has 0 spiro atoms. The largest absolute Gasteiger partial charge is 0.466 e. The average molecular weight is 328 g/mol. The maximum Gasteiger partial charge on any atom is 0.308 e. The molecule has 1 unspecified atom stereocenters. The van der Waals surface area contributed by atoms with E-state index in [0.29, 0.717) is 6.61 Å². The minimum Gasteiger partial charge on any atom is -0.466 e. The van der Waals surface area contributed by atoms with Crippen LogP contribution in [0.15, 0.2) is 0 Å². The molecule has 0 aromatic carbocycles. The third-order valence-corrected chi connectivity index (χ3v) is 4.92. The molecule has 134 valence electrons. The Balaban J connectivity index is 1.82. The molecule has 0 radical (unpaired) electrons. The predicted molar refractivity (Wildman–Crippen MR) is 87.7 cm³/mol. The molecule has 0 aromatic heterocycles. The van der Waals surface area contributed by atoms with Gasteiger partial charge in [0.05, 0.1) is 32.3 Å². The number of ether oxygens (including phenoxy) is 2. The van der Waals surface area contributed by atoms with Gasteiger partial charge in [-0.25, -0.2) is 0 Å². The third-order valence-electron chi connectivity index (χ3n) is 4.92. The quantitative estimate of drug-likeness (QED) is 0.502. The van der Waals surface area contributed by atoms with Gasteiger partial charge >= 0.3 is 5.97 Å². The van der Waals surface area contributed by atoms with Crippen LogP contribution >= 0.6 is 0 Å². The number of esters is 1. The van der Waals surface area contributed by atoms with E-state index in [-0.39, 0.29) is 24.2 Å². The zero-order chi connectivity index (χ0) is 16.7. The number of nitrogens with zero attached hydrogens (tertiary/aromatic N) is 2. The summed E-state index contributed by atoms with van der Waals surface area (Å²) in [5.41, 5.74) is 0. The molecule has 2 fully saturated rings. The van der Waals surface area contributed by atoms with E-state index in [1.54, 1.807) is 7.11 Å². The maximum atomic E-state index is 11.8. The lowest BCUT2D eigenvalue weighted by Crippen LogP contribution is -2.45. The van der Waals surface area contributed by atoms with Crippen molar-refractivity contribution in [2.75, 3.05) is 40.4 Å². The van der Waals surface area contributed by atoms with Gasteiger partial charge in [0.25, 0.3) is 0 Å². The van der Waals surface area contributed by atoms with E-state index in [4.69, 9.17) is 14.3 Å². The Bertz CT molecular complexity index is 353. The molecule has 1 saturated heterocycles. The normalized spacial score (nSPS) is 27.3. The van der Waals surface area contributed by atoms with Gasteiger partial charge in [0, 0.05) is 20.1 Å². The Morgan fingerprint density at radius 3 is 2.43 bits per heavy atom. The fraction of sp³-hybridized carbons (Fsp3) is 0.941. The fourth-order valence-corrected chi connectivity index (χ4v) is 3.49. The molecular formula is C17H32N2O4. The minimum absolute atomic E-state index is 0.0406. The van der Waals surface area contributed by atoms with Crippen LogP contribution in [0.25, 0.3) is 0 Å². The summed E-state index contributed by atoms with van der Waals surface area (Å²) >= 11 is 0. The van der Waals surface area contributed by atoms with Gasteiger partial charge in [-0.3, -0.25) is 9.69 Å². The van der Waals surface area contributed by atoms with Gasteiger partial charge in [-0.05, 0) is 45.4 Å². The Morgan fingerprint density at radius 2 is 1.87 bits per heavy atom. The number of hydroxylamine groups is 2. The molecule has 1 heterocycles. The highest BCUT2D eigenvalue weighted by Gasteiger charge is 2.31. The first-order valence-corrected chi connectivity index (χ1v) is 8.95. The summed E-state index contributed by atoms with van der Waals surface area (Å²) < 4.78 is 11.5. The summed E-state index contributed by atoms with van der Waals surface area (Å²) in [6.45, 7) is 5.27. The molecule has 1 atom stereocenters. The second kappa shape index (κ2) is 9.57. The summed E-state index contributed by atoms with van der Waals surface area (Å²) in [5, 5.41) is 1.83. The molecule has 1 aliphatic carbocycles. The van der Waals surface area contributed by atoms with Crippen LogP contribution in [-0.4, -0.2) is 68.7 Å². The summed E-state index contributed by atoms with van der Waals surface area (Å²) in [4.78, 5) is 19.5. The van der Waals surface area contributed by atoms with Gasteiger partial charge in [0.15, 0.2) is 0 Å². The lowest BCUT2D eigenvalue weighted by atomic mass is 9.87.